The van der Waals surface area contributed by atoms with Crippen molar-refractivity contribution in [1.82, 2.24) is 14.8 Å². The minimum absolute atomic E-state index is 0.110. The van der Waals surface area contributed by atoms with E-state index in [0.717, 1.165) is 11.6 Å². The molecule has 0 N–H and O–H groups in total. The van der Waals surface area contributed by atoms with Crippen LogP contribution in [0, 0.1) is 18.6 Å². The molecule has 1 aromatic carbocycles. The molecule has 2 aromatic rings. The molecule has 128 valence electrons. The van der Waals surface area contributed by atoms with Crippen molar-refractivity contribution in [3.05, 3.63) is 65.0 Å². The highest BCUT2D eigenvalue weighted by molar-refractivity contribution is 5.94. The molecule has 6 heteroatoms. The van der Waals surface area contributed by atoms with Gasteiger partial charge in [-0.2, -0.15) is 0 Å². The lowest BCUT2D eigenvalue weighted by Crippen LogP contribution is -2.36. The fraction of sp³-hybridized carbons (Fsp3) is 0.333. The third-order valence-corrected chi connectivity index (χ3v) is 3.71. The predicted octanol–water partition coefficient (Wildman–Crippen LogP) is 2.87. The number of carbonyl (C=O) groups excluding carboxylic acids is 1. The Hall–Kier alpha value is -2.34. The summed E-state index contributed by atoms with van der Waals surface area (Å²) in [4.78, 5) is 20.2. The van der Waals surface area contributed by atoms with E-state index >= 15 is 0 Å². The van der Waals surface area contributed by atoms with Crippen molar-refractivity contribution >= 4 is 5.91 Å². The Morgan fingerprint density at radius 3 is 2.38 bits per heavy atom. The summed E-state index contributed by atoms with van der Waals surface area (Å²) in [7, 11) is 3.80. The van der Waals surface area contributed by atoms with Crippen LogP contribution in [0.3, 0.4) is 0 Å². The highest BCUT2D eigenvalue weighted by atomic mass is 19.1. The first-order valence-electron chi connectivity index (χ1n) is 7.67. The molecule has 0 aliphatic heterocycles. The van der Waals surface area contributed by atoms with Gasteiger partial charge < -0.3 is 9.80 Å². The van der Waals surface area contributed by atoms with Crippen molar-refractivity contribution in [2.75, 3.05) is 27.2 Å². The van der Waals surface area contributed by atoms with Crippen LogP contribution in [0.5, 0.6) is 0 Å². The van der Waals surface area contributed by atoms with Crippen molar-refractivity contribution in [2.45, 2.75) is 13.5 Å². The molecule has 24 heavy (non-hydrogen) atoms. The van der Waals surface area contributed by atoms with E-state index in [9.17, 15) is 13.6 Å². The van der Waals surface area contributed by atoms with E-state index < -0.39 is 17.5 Å². The zero-order valence-electron chi connectivity index (χ0n) is 14.1. The summed E-state index contributed by atoms with van der Waals surface area (Å²) in [6.45, 7) is 2.92. The van der Waals surface area contributed by atoms with Crippen LogP contribution in [0.4, 0.5) is 8.78 Å². The van der Waals surface area contributed by atoms with Gasteiger partial charge in [-0.15, -0.1) is 0 Å². The Morgan fingerprint density at radius 1 is 1.08 bits per heavy atom. The van der Waals surface area contributed by atoms with Gasteiger partial charge in [-0.1, -0.05) is 0 Å². The average molecular weight is 333 g/mol. The van der Waals surface area contributed by atoms with Crippen molar-refractivity contribution in [2.24, 2.45) is 0 Å². The number of aromatic nitrogens is 1. The highest BCUT2D eigenvalue weighted by Crippen LogP contribution is 2.17. The van der Waals surface area contributed by atoms with Gasteiger partial charge in [0.05, 0.1) is 5.56 Å². The zero-order chi connectivity index (χ0) is 17.7. The van der Waals surface area contributed by atoms with Gasteiger partial charge in [-0.3, -0.25) is 9.78 Å². The van der Waals surface area contributed by atoms with Crippen LogP contribution < -0.4 is 0 Å². The summed E-state index contributed by atoms with van der Waals surface area (Å²) >= 11 is 0. The number of nitrogens with zero attached hydrogens (tertiary/aromatic N) is 3. The molecule has 1 amide bonds. The summed E-state index contributed by atoms with van der Waals surface area (Å²) in [5.74, 6) is -1.94. The third-order valence-electron chi connectivity index (χ3n) is 3.71. The summed E-state index contributed by atoms with van der Waals surface area (Å²) in [5.41, 5.74) is 1.04. The minimum Gasteiger partial charge on any atom is -0.333 e. The standard InChI is InChI=1S/C18H21F2N3O/c1-13-10-15(17(20)11-16(13)19)18(24)23(9-8-22(2)3)12-14-4-6-21-7-5-14/h4-7,10-11H,8-9,12H2,1-3H3. The van der Waals surface area contributed by atoms with Gasteiger partial charge in [0.15, 0.2) is 0 Å². The van der Waals surface area contributed by atoms with E-state index in [2.05, 4.69) is 4.98 Å². The Bertz CT molecular complexity index is 705. The third kappa shape index (κ3) is 4.58. The van der Waals surface area contributed by atoms with Crippen molar-refractivity contribution in [3.8, 4) is 0 Å². The topological polar surface area (TPSA) is 36.4 Å². The molecule has 1 heterocycles. The Balaban J connectivity index is 2.28. The van der Waals surface area contributed by atoms with Gasteiger partial charge in [0.1, 0.15) is 11.6 Å². The van der Waals surface area contributed by atoms with Gasteiger partial charge in [0.2, 0.25) is 0 Å². The Kier molecular flexibility index (Phi) is 5.98. The monoisotopic (exact) mass is 333 g/mol. The van der Waals surface area contributed by atoms with E-state index in [0.29, 0.717) is 19.6 Å². The molecule has 0 spiro atoms. The lowest BCUT2D eigenvalue weighted by Gasteiger charge is -2.25. The molecule has 0 atom stereocenters. The number of benzene rings is 1. The zero-order valence-corrected chi connectivity index (χ0v) is 14.1. The van der Waals surface area contributed by atoms with Crippen LogP contribution >= 0.6 is 0 Å². The Labute approximate surface area is 140 Å². The van der Waals surface area contributed by atoms with Crippen LogP contribution in [0.1, 0.15) is 21.5 Å². The first-order valence-corrected chi connectivity index (χ1v) is 7.67. The molecule has 4 nitrogen and oxygen atoms in total. The number of hydrogen-bond donors (Lipinski definition) is 0. The molecule has 1 aromatic heterocycles. The average Bonchev–Trinajstić information content (AvgIpc) is 2.55. The van der Waals surface area contributed by atoms with Crippen LogP contribution in [-0.4, -0.2) is 47.9 Å². The van der Waals surface area contributed by atoms with Gasteiger partial charge >= 0.3 is 0 Å². The first-order chi connectivity index (χ1) is 11.4. The molecule has 2 rings (SSSR count). The maximum absolute atomic E-state index is 14.1. The van der Waals surface area contributed by atoms with Gasteiger partial charge in [0, 0.05) is 38.1 Å². The number of halogens is 2. The van der Waals surface area contributed by atoms with Gasteiger partial charge in [-0.25, -0.2) is 8.78 Å². The largest absolute Gasteiger partial charge is 0.333 e. The van der Waals surface area contributed by atoms with Crippen molar-refractivity contribution in [3.63, 3.8) is 0 Å². The number of amides is 1. The first kappa shape index (κ1) is 18.0. The second-order valence-electron chi connectivity index (χ2n) is 5.97. The number of aryl methyl sites for hydroxylation is 1. The second-order valence-corrected chi connectivity index (χ2v) is 5.97. The van der Waals surface area contributed by atoms with E-state index in [1.807, 2.05) is 31.1 Å². The van der Waals surface area contributed by atoms with Crippen LogP contribution in [0.25, 0.3) is 0 Å². The Morgan fingerprint density at radius 2 is 1.75 bits per heavy atom. The number of hydrogen-bond acceptors (Lipinski definition) is 3. The number of carbonyl (C=O) groups is 1. The molecule has 0 saturated heterocycles. The van der Waals surface area contributed by atoms with Crippen molar-refractivity contribution < 1.29 is 13.6 Å². The second kappa shape index (κ2) is 7.97. The fourth-order valence-electron chi connectivity index (χ4n) is 2.27. The summed E-state index contributed by atoms with van der Waals surface area (Å²) in [6, 6.07) is 5.64. The molecule has 0 aliphatic carbocycles. The molecule has 0 bridgehead atoms. The van der Waals surface area contributed by atoms with Crippen LogP contribution in [-0.2, 0) is 6.54 Å². The molecule has 0 radical (unpaired) electrons. The van der Waals surface area contributed by atoms with E-state index in [-0.39, 0.29) is 11.1 Å². The highest BCUT2D eigenvalue weighted by Gasteiger charge is 2.21. The van der Waals surface area contributed by atoms with Crippen LogP contribution in [0.2, 0.25) is 0 Å². The minimum atomic E-state index is -0.840. The number of rotatable bonds is 6. The maximum Gasteiger partial charge on any atom is 0.257 e. The predicted molar refractivity (Wildman–Crippen MR) is 88.6 cm³/mol. The van der Waals surface area contributed by atoms with E-state index in [1.54, 1.807) is 17.3 Å². The van der Waals surface area contributed by atoms with E-state index in [1.165, 1.54) is 13.0 Å². The SMILES string of the molecule is Cc1cc(C(=O)N(CCN(C)C)Cc2ccncc2)c(F)cc1F. The smallest absolute Gasteiger partial charge is 0.257 e. The van der Waals surface area contributed by atoms with Crippen LogP contribution in [0.15, 0.2) is 36.7 Å². The maximum atomic E-state index is 14.1. The normalized spacial score (nSPS) is 10.9. The van der Waals surface area contributed by atoms with Gasteiger partial charge in [0.25, 0.3) is 5.91 Å². The molecular formula is C18H21F2N3O. The van der Waals surface area contributed by atoms with Gasteiger partial charge in [-0.05, 0) is 50.3 Å². The van der Waals surface area contributed by atoms with E-state index in [4.69, 9.17) is 0 Å². The molecule has 0 aliphatic rings. The number of likely N-dealkylation sites (N-methyl/N-ethyl adjacent to an activating group) is 1. The van der Waals surface area contributed by atoms with Crippen molar-refractivity contribution in [1.29, 1.82) is 0 Å². The summed E-state index contributed by atoms with van der Waals surface area (Å²) in [5, 5.41) is 0. The molecular weight excluding hydrogens is 312 g/mol. The summed E-state index contributed by atoms with van der Waals surface area (Å²) in [6.07, 6.45) is 3.29. The lowest BCUT2D eigenvalue weighted by atomic mass is 10.1. The summed E-state index contributed by atoms with van der Waals surface area (Å²) < 4.78 is 27.5. The number of pyridine rings is 1. The lowest BCUT2D eigenvalue weighted by molar-refractivity contribution is 0.0727. The fourth-order valence-corrected chi connectivity index (χ4v) is 2.27. The molecule has 0 unspecified atom stereocenters. The molecule has 0 fully saturated rings. The quantitative estimate of drug-likeness (QED) is 0.816. The molecule has 0 saturated carbocycles.